The molecule has 0 radical (unpaired) electrons. The molecule has 2 atom stereocenters. The molecule has 2 saturated heterocycles. The standard InChI is InChI=1S/C11H22N2O2S/c1-8(2)16(14,15)13-7-9-5-12-6-10(9)11(13,3)4/h8-10,12H,5-7H2,1-4H3. The Labute approximate surface area is 98.4 Å². The largest absolute Gasteiger partial charge is 0.316 e. The summed E-state index contributed by atoms with van der Waals surface area (Å²) in [5.41, 5.74) is -0.239. The maximum atomic E-state index is 12.3. The predicted molar refractivity (Wildman–Crippen MR) is 64.7 cm³/mol. The van der Waals surface area contributed by atoms with Gasteiger partial charge in [-0.1, -0.05) is 0 Å². The Balaban J connectivity index is 2.32. The molecule has 2 heterocycles. The van der Waals surface area contributed by atoms with Gasteiger partial charge in [0.05, 0.1) is 5.25 Å². The molecule has 2 rings (SSSR count). The molecule has 0 aromatic heterocycles. The van der Waals surface area contributed by atoms with Crippen molar-refractivity contribution >= 4 is 10.0 Å². The van der Waals surface area contributed by atoms with Crippen LogP contribution in [0.5, 0.6) is 0 Å². The van der Waals surface area contributed by atoms with Crippen molar-refractivity contribution in [2.75, 3.05) is 19.6 Å². The maximum Gasteiger partial charge on any atom is 0.216 e. The molecule has 4 nitrogen and oxygen atoms in total. The van der Waals surface area contributed by atoms with E-state index in [-0.39, 0.29) is 10.8 Å². The molecule has 0 saturated carbocycles. The lowest BCUT2D eigenvalue weighted by molar-refractivity contribution is 0.232. The number of nitrogens with one attached hydrogen (secondary N) is 1. The molecular formula is C11H22N2O2S. The van der Waals surface area contributed by atoms with E-state index >= 15 is 0 Å². The van der Waals surface area contributed by atoms with E-state index in [1.54, 1.807) is 18.2 Å². The highest BCUT2D eigenvalue weighted by atomic mass is 32.2. The molecule has 2 aliphatic heterocycles. The predicted octanol–water partition coefficient (Wildman–Crippen LogP) is 0.654. The van der Waals surface area contributed by atoms with Gasteiger partial charge in [-0.15, -0.1) is 0 Å². The van der Waals surface area contributed by atoms with Crippen molar-refractivity contribution in [1.82, 2.24) is 9.62 Å². The first-order valence-corrected chi connectivity index (χ1v) is 7.50. The van der Waals surface area contributed by atoms with Gasteiger partial charge in [0.1, 0.15) is 0 Å². The van der Waals surface area contributed by atoms with Crippen LogP contribution in [0.25, 0.3) is 0 Å². The summed E-state index contributed by atoms with van der Waals surface area (Å²) in [6.45, 7) is 10.2. The van der Waals surface area contributed by atoms with Gasteiger partial charge in [0.15, 0.2) is 0 Å². The summed E-state index contributed by atoms with van der Waals surface area (Å²) in [4.78, 5) is 0. The van der Waals surface area contributed by atoms with Crippen molar-refractivity contribution in [3.8, 4) is 0 Å². The van der Waals surface area contributed by atoms with Crippen LogP contribution in [0, 0.1) is 11.8 Å². The molecule has 1 N–H and O–H groups in total. The first-order chi connectivity index (χ1) is 7.28. The minimum absolute atomic E-state index is 0.239. The first kappa shape index (κ1) is 12.3. The molecule has 2 aliphatic rings. The van der Waals surface area contributed by atoms with Gasteiger partial charge in [0.25, 0.3) is 0 Å². The van der Waals surface area contributed by atoms with Crippen LogP contribution in [0.15, 0.2) is 0 Å². The molecule has 0 spiro atoms. The van der Waals surface area contributed by atoms with Gasteiger partial charge < -0.3 is 5.32 Å². The number of rotatable bonds is 2. The molecule has 2 unspecified atom stereocenters. The summed E-state index contributed by atoms with van der Waals surface area (Å²) < 4.78 is 26.3. The van der Waals surface area contributed by atoms with Crippen molar-refractivity contribution in [1.29, 1.82) is 0 Å². The summed E-state index contributed by atoms with van der Waals surface area (Å²) in [5.74, 6) is 0.949. The van der Waals surface area contributed by atoms with Gasteiger partial charge in [0, 0.05) is 18.6 Å². The highest BCUT2D eigenvalue weighted by molar-refractivity contribution is 7.89. The van der Waals surface area contributed by atoms with Crippen LogP contribution >= 0.6 is 0 Å². The number of sulfonamides is 1. The van der Waals surface area contributed by atoms with Gasteiger partial charge in [-0.25, -0.2) is 8.42 Å². The quantitative estimate of drug-likeness (QED) is 0.778. The fraction of sp³-hybridized carbons (Fsp3) is 1.00. The van der Waals surface area contributed by atoms with E-state index in [0.29, 0.717) is 18.4 Å². The van der Waals surface area contributed by atoms with E-state index in [0.717, 1.165) is 13.1 Å². The van der Waals surface area contributed by atoms with Crippen molar-refractivity contribution in [3.05, 3.63) is 0 Å². The monoisotopic (exact) mass is 246 g/mol. The average Bonchev–Trinajstić information content (AvgIpc) is 2.68. The van der Waals surface area contributed by atoms with Crippen molar-refractivity contribution in [3.63, 3.8) is 0 Å². The maximum absolute atomic E-state index is 12.3. The smallest absolute Gasteiger partial charge is 0.216 e. The van der Waals surface area contributed by atoms with Crippen LogP contribution in [0.4, 0.5) is 0 Å². The Morgan fingerprint density at radius 1 is 1.31 bits per heavy atom. The summed E-state index contributed by atoms with van der Waals surface area (Å²) >= 11 is 0. The molecule has 0 aliphatic carbocycles. The molecule has 2 fully saturated rings. The van der Waals surface area contributed by atoms with Crippen molar-refractivity contribution in [2.24, 2.45) is 11.8 Å². The fourth-order valence-corrected chi connectivity index (χ4v) is 4.77. The molecule has 5 heteroatoms. The molecule has 0 amide bonds. The fourth-order valence-electron chi connectivity index (χ4n) is 3.07. The molecule has 94 valence electrons. The SMILES string of the molecule is CC(C)S(=O)(=O)N1CC2CNCC2C1(C)C. The van der Waals surface area contributed by atoms with Crippen LogP contribution in [-0.2, 0) is 10.0 Å². The van der Waals surface area contributed by atoms with Gasteiger partial charge in [0.2, 0.25) is 10.0 Å². The van der Waals surface area contributed by atoms with E-state index in [9.17, 15) is 8.42 Å². The van der Waals surface area contributed by atoms with Crippen molar-refractivity contribution < 1.29 is 8.42 Å². The Bertz CT molecular complexity index is 375. The third kappa shape index (κ3) is 1.60. The Morgan fingerprint density at radius 2 is 1.94 bits per heavy atom. The van der Waals surface area contributed by atoms with Crippen LogP contribution in [-0.4, -0.2) is 43.1 Å². The van der Waals surface area contributed by atoms with E-state index in [2.05, 4.69) is 19.2 Å². The van der Waals surface area contributed by atoms with Crippen molar-refractivity contribution in [2.45, 2.75) is 38.5 Å². The minimum atomic E-state index is -3.12. The van der Waals surface area contributed by atoms with E-state index in [1.165, 1.54) is 0 Å². The number of nitrogens with zero attached hydrogens (tertiary/aromatic N) is 1. The van der Waals surface area contributed by atoms with Gasteiger partial charge in [-0.05, 0) is 46.1 Å². The lowest BCUT2D eigenvalue weighted by Crippen LogP contribution is -2.49. The highest BCUT2D eigenvalue weighted by Crippen LogP contribution is 2.42. The van der Waals surface area contributed by atoms with Gasteiger partial charge >= 0.3 is 0 Å². The first-order valence-electron chi connectivity index (χ1n) is 6.00. The Morgan fingerprint density at radius 3 is 2.44 bits per heavy atom. The minimum Gasteiger partial charge on any atom is -0.316 e. The summed E-state index contributed by atoms with van der Waals surface area (Å²) in [6.07, 6.45) is 0. The second-order valence-corrected chi connectivity index (χ2v) is 8.22. The normalized spacial score (nSPS) is 34.6. The number of fused-ring (bicyclic) bond motifs is 1. The van der Waals surface area contributed by atoms with Crippen LogP contribution in [0.1, 0.15) is 27.7 Å². The second-order valence-electron chi connectivity index (χ2n) is 5.80. The lowest BCUT2D eigenvalue weighted by atomic mass is 9.85. The second kappa shape index (κ2) is 3.68. The summed E-state index contributed by atoms with van der Waals surface area (Å²) in [5, 5.41) is 3.04. The number of hydrogen-bond acceptors (Lipinski definition) is 3. The Hall–Kier alpha value is -0.130. The third-order valence-electron chi connectivity index (χ3n) is 4.19. The zero-order chi connectivity index (χ0) is 12.1. The Kier molecular flexibility index (Phi) is 2.84. The molecule has 0 aromatic rings. The van der Waals surface area contributed by atoms with Crippen LogP contribution < -0.4 is 5.32 Å². The van der Waals surface area contributed by atoms with Gasteiger partial charge in [-0.3, -0.25) is 0 Å². The molecule has 0 aromatic carbocycles. The lowest BCUT2D eigenvalue weighted by Gasteiger charge is -2.35. The van der Waals surface area contributed by atoms with Crippen LogP contribution in [0.3, 0.4) is 0 Å². The highest BCUT2D eigenvalue weighted by Gasteiger charge is 2.54. The molecule has 16 heavy (non-hydrogen) atoms. The average molecular weight is 246 g/mol. The summed E-state index contributed by atoms with van der Waals surface area (Å²) in [6, 6.07) is 0. The zero-order valence-electron chi connectivity index (χ0n) is 10.5. The molecule has 0 bridgehead atoms. The van der Waals surface area contributed by atoms with E-state index in [4.69, 9.17) is 0 Å². The van der Waals surface area contributed by atoms with Crippen LogP contribution in [0.2, 0.25) is 0 Å². The number of hydrogen-bond donors (Lipinski definition) is 1. The molecular weight excluding hydrogens is 224 g/mol. The summed E-state index contributed by atoms with van der Waals surface area (Å²) in [7, 11) is -3.12. The topological polar surface area (TPSA) is 49.4 Å². The zero-order valence-corrected chi connectivity index (χ0v) is 11.3. The third-order valence-corrected chi connectivity index (χ3v) is 6.62. The van der Waals surface area contributed by atoms with E-state index < -0.39 is 10.0 Å². The van der Waals surface area contributed by atoms with Gasteiger partial charge in [-0.2, -0.15) is 4.31 Å². The van der Waals surface area contributed by atoms with E-state index in [1.807, 2.05) is 0 Å².